The number of benzene rings is 1. The summed E-state index contributed by atoms with van der Waals surface area (Å²) in [6.07, 6.45) is -1.02. The molecule has 2 rings (SSSR count). The third-order valence-corrected chi connectivity index (χ3v) is 3.12. The van der Waals surface area contributed by atoms with Crippen LogP contribution >= 0.6 is 0 Å². The second-order valence-electron chi connectivity index (χ2n) is 4.96. The van der Waals surface area contributed by atoms with Crippen LogP contribution in [0, 0.1) is 6.92 Å². The molecule has 0 aliphatic rings. The number of ether oxygens (including phenoxy) is 3. The highest BCUT2D eigenvalue weighted by molar-refractivity contribution is 5.97. The number of rotatable bonds is 6. The summed E-state index contributed by atoms with van der Waals surface area (Å²) >= 11 is 0. The lowest BCUT2D eigenvalue weighted by atomic mass is 10.2. The first kappa shape index (κ1) is 17.3. The number of carbonyl (C=O) groups is 2. The Bertz CT molecular complexity index is 718. The first-order chi connectivity index (χ1) is 11.4. The molecule has 24 heavy (non-hydrogen) atoms. The number of aromatic nitrogens is 1. The van der Waals surface area contributed by atoms with E-state index in [4.69, 9.17) is 18.7 Å². The van der Waals surface area contributed by atoms with E-state index in [2.05, 4.69) is 10.5 Å². The van der Waals surface area contributed by atoms with E-state index in [1.54, 1.807) is 19.1 Å². The molecule has 0 unspecified atom stereocenters. The number of aryl methyl sites for hydroxylation is 1. The normalized spacial score (nSPS) is 11.5. The summed E-state index contributed by atoms with van der Waals surface area (Å²) < 4.78 is 20.2. The van der Waals surface area contributed by atoms with Crippen LogP contribution in [0.15, 0.2) is 28.8 Å². The zero-order chi connectivity index (χ0) is 17.7. The molecule has 8 nitrogen and oxygen atoms in total. The zero-order valence-electron chi connectivity index (χ0n) is 13.8. The molecular weight excluding hydrogens is 316 g/mol. The SMILES string of the molecule is COc1cc(OC)cc(C(=O)O[C@H](C)C(=O)Nc2cc(C)on2)c1. The van der Waals surface area contributed by atoms with Crippen LogP contribution in [0.25, 0.3) is 0 Å². The molecule has 1 atom stereocenters. The average molecular weight is 334 g/mol. The fraction of sp³-hybridized carbons (Fsp3) is 0.312. The van der Waals surface area contributed by atoms with Crippen LogP contribution < -0.4 is 14.8 Å². The molecule has 2 aromatic rings. The summed E-state index contributed by atoms with van der Waals surface area (Å²) in [5.41, 5.74) is 0.211. The number of hydrogen-bond acceptors (Lipinski definition) is 7. The predicted molar refractivity (Wildman–Crippen MR) is 84.3 cm³/mol. The molecule has 1 amide bonds. The van der Waals surface area contributed by atoms with Crippen molar-refractivity contribution in [2.45, 2.75) is 20.0 Å². The van der Waals surface area contributed by atoms with E-state index in [1.165, 1.54) is 33.3 Å². The smallest absolute Gasteiger partial charge is 0.339 e. The van der Waals surface area contributed by atoms with Gasteiger partial charge in [0.15, 0.2) is 11.9 Å². The number of nitrogens with one attached hydrogen (secondary N) is 1. The maximum atomic E-state index is 12.2. The number of amides is 1. The molecule has 1 N–H and O–H groups in total. The van der Waals surface area contributed by atoms with Crippen molar-refractivity contribution in [2.24, 2.45) is 0 Å². The fourth-order valence-corrected chi connectivity index (χ4v) is 1.86. The van der Waals surface area contributed by atoms with Crippen LogP contribution in [0.2, 0.25) is 0 Å². The number of carbonyl (C=O) groups excluding carboxylic acids is 2. The van der Waals surface area contributed by atoms with Gasteiger partial charge in [0.25, 0.3) is 5.91 Å². The lowest BCUT2D eigenvalue weighted by molar-refractivity contribution is -0.123. The van der Waals surface area contributed by atoms with Crippen LogP contribution in [-0.4, -0.2) is 37.4 Å². The van der Waals surface area contributed by atoms with Crippen molar-refractivity contribution in [3.8, 4) is 11.5 Å². The van der Waals surface area contributed by atoms with Gasteiger partial charge in [-0.1, -0.05) is 5.16 Å². The van der Waals surface area contributed by atoms with Gasteiger partial charge in [0.05, 0.1) is 19.8 Å². The van der Waals surface area contributed by atoms with Gasteiger partial charge in [-0.05, 0) is 26.0 Å². The van der Waals surface area contributed by atoms with Crippen molar-refractivity contribution < 1.29 is 28.3 Å². The van der Waals surface area contributed by atoms with Crippen molar-refractivity contribution in [1.82, 2.24) is 5.16 Å². The Morgan fingerprint density at radius 3 is 2.25 bits per heavy atom. The molecule has 1 aromatic heterocycles. The van der Waals surface area contributed by atoms with Gasteiger partial charge in [-0.2, -0.15) is 0 Å². The molecule has 1 heterocycles. The van der Waals surface area contributed by atoms with Gasteiger partial charge < -0.3 is 24.1 Å². The first-order valence-corrected chi connectivity index (χ1v) is 7.11. The Labute approximate surface area is 138 Å². The topological polar surface area (TPSA) is 99.9 Å². The van der Waals surface area contributed by atoms with E-state index in [-0.39, 0.29) is 11.4 Å². The highest BCUT2D eigenvalue weighted by Gasteiger charge is 2.21. The van der Waals surface area contributed by atoms with Gasteiger partial charge in [0.1, 0.15) is 17.3 Å². The number of nitrogens with zero attached hydrogens (tertiary/aromatic N) is 1. The van der Waals surface area contributed by atoms with Crippen LogP contribution in [0.1, 0.15) is 23.0 Å². The second-order valence-corrected chi connectivity index (χ2v) is 4.96. The molecule has 1 aromatic carbocycles. The third kappa shape index (κ3) is 4.25. The maximum absolute atomic E-state index is 12.2. The largest absolute Gasteiger partial charge is 0.497 e. The van der Waals surface area contributed by atoms with Gasteiger partial charge in [-0.25, -0.2) is 4.79 Å². The number of anilines is 1. The van der Waals surface area contributed by atoms with Gasteiger partial charge in [0, 0.05) is 12.1 Å². The summed E-state index contributed by atoms with van der Waals surface area (Å²) in [7, 11) is 2.94. The molecule has 8 heteroatoms. The van der Waals surface area contributed by atoms with E-state index in [1.807, 2.05) is 0 Å². The van der Waals surface area contributed by atoms with Crippen molar-refractivity contribution in [3.63, 3.8) is 0 Å². The van der Waals surface area contributed by atoms with E-state index in [9.17, 15) is 9.59 Å². The van der Waals surface area contributed by atoms with E-state index in [0.717, 1.165) is 0 Å². The third-order valence-electron chi connectivity index (χ3n) is 3.12. The Morgan fingerprint density at radius 1 is 1.12 bits per heavy atom. The van der Waals surface area contributed by atoms with Crippen molar-refractivity contribution in [2.75, 3.05) is 19.5 Å². The minimum atomic E-state index is -1.02. The van der Waals surface area contributed by atoms with E-state index in [0.29, 0.717) is 17.3 Å². The Balaban J connectivity index is 2.04. The Hall–Kier alpha value is -3.03. The van der Waals surface area contributed by atoms with Crippen LogP contribution in [-0.2, 0) is 9.53 Å². The molecule has 0 bridgehead atoms. The van der Waals surface area contributed by atoms with Crippen LogP contribution in [0.4, 0.5) is 5.82 Å². The minimum absolute atomic E-state index is 0.211. The molecule has 0 saturated heterocycles. The summed E-state index contributed by atoms with van der Waals surface area (Å²) in [6.45, 7) is 3.15. The van der Waals surface area contributed by atoms with Gasteiger partial charge in [0.2, 0.25) is 0 Å². The molecule has 0 saturated carbocycles. The number of methoxy groups -OCH3 is 2. The van der Waals surface area contributed by atoms with Gasteiger partial charge in [-0.15, -0.1) is 0 Å². The van der Waals surface area contributed by atoms with E-state index >= 15 is 0 Å². The monoisotopic (exact) mass is 334 g/mol. The van der Waals surface area contributed by atoms with Crippen LogP contribution in [0.3, 0.4) is 0 Å². The zero-order valence-corrected chi connectivity index (χ0v) is 13.8. The summed E-state index contributed by atoms with van der Waals surface area (Å²) in [6, 6.07) is 6.17. The molecule has 0 spiro atoms. The molecule has 0 fully saturated rings. The number of hydrogen-bond donors (Lipinski definition) is 1. The first-order valence-electron chi connectivity index (χ1n) is 7.11. The molecule has 0 radical (unpaired) electrons. The molecule has 0 aliphatic heterocycles. The number of esters is 1. The summed E-state index contributed by atoms with van der Waals surface area (Å²) in [4.78, 5) is 24.2. The van der Waals surface area contributed by atoms with Crippen molar-refractivity contribution >= 4 is 17.7 Å². The predicted octanol–water partition coefficient (Wildman–Crippen LogP) is 2.18. The van der Waals surface area contributed by atoms with Crippen molar-refractivity contribution in [1.29, 1.82) is 0 Å². The van der Waals surface area contributed by atoms with Gasteiger partial charge >= 0.3 is 5.97 Å². The van der Waals surface area contributed by atoms with E-state index < -0.39 is 18.0 Å². The summed E-state index contributed by atoms with van der Waals surface area (Å²) in [5, 5.41) is 6.13. The van der Waals surface area contributed by atoms with Gasteiger partial charge in [-0.3, -0.25) is 4.79 Å². The highest BCUT2D eigenvalue weighted by Crippen LogP contribution is 2.23. The minimum Gasteiger partial charge on any atom is -0.497 e. The maximum Gasteiger partial charge on any atom is 0.339 e. The van der Waals surface area contributed by atoms with Crippen molar-refractivity contribution in [3.05, 3.63) is 35.6 Å². The second kappa shape index (κ2) is 7.49. The standard InChI is InChI=1S/C16H18N2O6/c1-9-5-14(18-24-9)17-15(19)10(2)23-16(20)11-6-12(21-3)8-13(7-11)22-4/h5-8,10H,1-4H3,(H,17,18,19)/t10-/m1/s1. The molecule has 128 valence electrons. The highest BCUT2D eigenvalue weighted by atomic mass is 16.5. The summed E-state index contributed by atoms with van der Waals surface area (Å²) in [5.74, 6) is 0.493. The van der Waals surface area contributed by atoms with Crippen LogP contribution in [0.5, 0.6) is 11.5 Å². The lowest BCUT2D eigenvalue weighted by Crippen LogP contribution is -2.30. The fourth-order valence-electron chi connectivity index (χ4n) is 1.86. The quantitative estimate of drug-likeness (QED) is 0.808. The molecule has 0 aliphatic carbocycles. The lowest BCUT2D eigenvalue weighted by Gasteiger charge is -2.13. The Kier molecular flexibility index (Phi) is 5.41. The molecular formula is C16H18N2O6. The Morgan fingerprint density at radius 2 is 1.75 bits per heavy atom. The average Bonchev–Trinajstić information content (AvgIpc) is 2.98.